The summed E-state index contributed by atoms with van der Waals surface area (Å²) < 4.78 is 56.3. The molecule has 2 aromatic rings. The van der Waals surface area contributed by atoms with Crippen LogP contribution in [0.3, 0.4) is 0 Å². The number of ketones is 1. The third-order valence-electron chi connectivity index (χ3n) is 4.26. The number of hydrogen-bond donors (Lipinski definition) is 0. The molecule has 1 heterocycles. The van der Waals surface area contributed by atoms with Crippen molar-refractivity contribution in [3.8, 4) is 5.75 Å². The summed E-state index contributed by atoms with van der Waals surface area (Å²) in [6.07, 6.45) is 1.64. The van der Waals surface area contributed by atoms with Gasteiger partial charge in [-0.2, -0.15) is 12.7 Å². The fourth-order valence-corrected chi connectivity index (χ4v) is 5.24. The second-order valence-electron chi connectivity index (χ2n) is 6.20. The molecule has 0 radical (unpaired) electrons. The van der Waals surface area contributed by atoms with Gasteiger partial charge in [-0.1, -0.05) is 12.1 Å². The average molecular weight is 409 g/mol. The fourth-order valence-electron chi connectivity index (χ4n) is 2.80. The maximum Gasteiger partial charge on any atom is 0.339 e. The summed E-state index contributed by atoms with van der Waals surface area (Å²) in [4.78, 5) is 11.3. The fraction of sp³-hybridized carbons (Fsp3) is 0.278. The van der Waals surface area contributed by atoms with E-state index in [9.17, 15) is 21.6 Å². The van der Waals surface area contributed by atoms with Crippen LogP contribution in [0, 0.1) is 0 Å². The Bertz CT molecular complexity index is 1050. The van der Waals surface area contributed by atoms with Gasteiger partial charge in [-0.3, -0.25) is 4.79 Å². The van der Waals surface area contributed by atoms with E-state index >= 15 is 0 Å². The minimum atomic E-state index is -4.16. The van der Waals surface area contributed by atoms with E-state index < -0.39 is 20.1 Å². The third-order valence-corrected chi connectivity index (χ3v) is 7.44. The topological polar surface area (TPSA) is 97.8 Å². The van der Waals surface area contributed by atoms with Crippen molar-refractivity contribution in [2.75, 3.05) is 13.1 Å². The Morgan fingerprint density at radius 3 is 2.11 bits per heavy atom. The lowest BCUT2D eigenvalue weighted by Crippen LogP contribution is -2.27. The number of carbonyl (C=O) groups excluding carboxylic acids is 1. The maximum absolute atomic E-state index is 12.5. The van der Waals surface area contributed by atoms with E-state index in [1.54, 1.807) is 6.07 Å². The SMILES string of the molecule is CC(=O)c1cccc(OS(=O)(=O)c2ccc(S(=O)(=O)N3CCCC3)cc2)c1. The van der Waals surface area contributed by atoms with Gasteiger partial charge in [0.05, 0.1) is 4.90 Å². The lowest BCUT2D eigenvalue weighted by atomic mass is 10.1. The van der Waals surface area contributed by atoms with Gasteiger partial charge in [-0.05, 0) is 56.2 Å². The van der Waals surface area contributed by atoms with Crippen molar-refractivity contribution < 1.29 is 25.8 Å². The number of rotatable bonds is 6. The van der Waals surface area contributed by atoms with E-state index in [2.05, 4.69) is 0 Å². The monoisotopic (exact) mass is 409 g/mol. The predicted octanol–water partition coefficient (Wildman–Crippen LogP) is 2.44. The Morgan fingerprint density at radius 1 is 0.926 bits per heavy atom. The van der Waals surface area contributed by atoms with Gasteiger partial charge in [-0.15, -0.1) is 0 Å². The summed E-state index contributed by atoms with van der Waals surface area (Å²) in [6.45, 7) is 2.31. The normalized spacial score (nSPS) is 15.6. The van der Waals surface area contributed by atoms with Crippen LogP contribution in [0.4, 0.5) is 0 Å². The van der Waals surface area contributed by atoms with E-state index in [1.807, 2.05) is 0 Å². The van der Waals surface area contributed by atoms with Crippen molar-refractivity contribution in [2.24, 2.45) is 0 Å². The molecule has 27 heavy (non-hydrogen) atoms. The zero-order valence-corrected chi connectivity index (χ0v) is 16.3. The number of sulfonamides is 1. The van der Waals surface area contributed by atoms with Gasteiger partial charge in [0.1, 0.15) is 10.6 Å². The molecule has 144 valence electrons. The number of carbonyl (C=O) groups is 1. The molecule has 1 saturated heterocycles. The summed E-state index contributed by atoms with van der Waals surface area (Å²) in [6, 6.07) is 10.8. The van der Waals surface area contributed by atoms with Crippen molar-refractivity contribution in [1.29, 1.82) is 0 Å². The van der Waals surface area contributed by atoms with Crippen LogP contribution >= 0.6 is 0 Å². The number of Topliss-reactive ketones (excluding diaryl/α,β-unsaturated/α-hetero) is 1. The van der Waals surface area contributed by atoms with Gasteiger partial charge in [-0.25, -0.2) is 8.42 Å². The molecule has 0 spiro atoms. The summed E-state index contributed by atoms with van der Waals surface area (Å²) in [5.74, 6) is -0.203. The maximum atomic E-state index is 12.5. The van der Waals surface area contributed by atoms with Crippen LogP contribution in [0.2, 0.25) is 0 Å². The number of benzene rings is 2. The number of hydrogen-bond acceptors (Lipinski definition) is 6. The second-order valence-corrected chi connectivity index (χ2v) is 9.69. The predicted molar refractivity (Wildman–Crippen MR) is 98.7 cm³/mol. The highest BCUT2D eigenvalue weighted by atomic mass is 32.2. The Kier molecular flexibility index (Phi) is 5.36. The molecule has 1 fully saturated rings. The van der Waals surface area contributed by atoms with Crippen molar-refractivity contribution in [2.45, 2.75) is 29.6 Å². The minimum absolute atomic E-state index is 0.0106. The molecule has 0 saturated carbocycles. The second kappa shape index (κ2) is 7.41. The molecule has 1 aliphatic rings. The largest absolute Gasteiger partial charge is 0.379 e. The van der Waals surface area contributed by atoms with Crippen LogP contribution in [-0.4, -0.2) is 40.0 Å². The summed E-state index contributed by atoms with van der Waals surface area (Å²) in [5, 5.41) is 0. The Balaban J connectivity index is 1.83. The van der Waals surface area contributed by atoms with Crippen molar-refractivity contribution in [3.63, 3.8) is 0 Å². The Morgan fingerprint density at radius 2 is 1.52 bits per heavy atom. The van der Waals surface area contributed by atoms with Gasteiger partial charge < -0.3 is 4.18 Å². The van der Waals surface area contributed by atoms with Crippen molar-refractivity contribution in [3.05, 3.63) is 54.1 Å². The summed E-state index contributed by atoms with van der Waals surface area (Å²) >= 11 is 0. The summed E-state index contributed by atoms with van der Waals surface area (Å²) in [5.41, 5.74) is 0.328. The lowest BCUT2D eigenvalue weighted by Gasteiger charge is -2.15. The molecule has 0 aliphatic carbocycles. The number of nitrogens with zero attached hydrogens (tertiary/aromatic N) is 1. The molecule has 0 N–H and O–H groups in total. The minimum Gasteiger partial charge on any atom is -0.379 e. The van der Waals surface area contributed by atoms with Crippen LogP contribution in [0.25, 0.3) is 0 Å². The molecule has 3 rings (SSSR count). The van der Waals surface area contributed by atoms with Crippen LogP contribution in [0.15, 0.2) is 58.3 Å². The van der Waals surface area contributed by atoms with Crippen LogP contribution in [-0.2, 0) is 20.1 Å². The first-order chi connectivity index (χ1) is 12.7. The van der Waals surface area contributed by atoms with Crippen molar-refractivity contribution in [1.82, 2.24) is 4.31 Å². The van der Waals surface area contributed by atoms with Gasteiger partial charge in [0.25, 0.3) is 0 Å². The molecule has 0 amide bonds. The average Bonchev–Trinajstić information content (AvgIpc) is 3.17. The highest BCUT2D eigenvalue weighted by Gasteiger charge is 2.27. The van der Waals surface area contributed by atoms with Gasteiger partial charge >= 0.3 is 10.1 Å². The molecular formula is C18H19NO6S2. The van der Waals surface area contributed by atoms with E-state index in [4.69, 9.17) is 4.18 Å². The molecule has 0 unspecified atom stereocenters. The van der Waals surface area contributed by atoms with Crippen LogP contribution in [0.1, 0.15) is 30.1 Å². The standard InChI is InChI=1S/C18H19NO6S2/c1-14(20)15-5-4-6-16(13-15)25-27(23,24)18-9-7-17(8-10-18)26(21,22)19-11-2-3-12-19/h4-10,13H,2-3,11-12H2,1H3. The van der Waals surface area contributed by atoms with Gasteiger partial charge in [0.2, 0.25) is 10.0 Å². The molecule has 2 aromatic carbocycles. The molecule has 7 nitrogen and oxygen atoms in total. The first-order valence-corrected chi connectivity index (χ1v) is 11.2. The smallest absolute Gasteiger partial charge is 0.339 e. The van der Waals surface area contributed by atoms with Crippen LogP contribution < -0.4 is 4.18 Å². The Labute approximate surface area is 158 Å². The van der Waals surface area contributed by atoms with Crippen LogP contribution in [0.5, 0.6) is 5.75 Å². The molecule has 1 aliphatic heterocycles. The zero-order valence-electron chi connectivity index (χ0n) is 14.7. The first kappa shape index (κ1) is 19.5. The molecular weight excluding hydrogens is 390 g/mol. The van der Waals surface area contributed by atoms with Crippen molar-refractivity contribution >= 4 is 25.9 Å². The van der Waals surface area contributed by atoms with E-state index in [-0.39, 0.29) is 21.3 Å². The third kappa shape index (κ3) is 4.20. The van der Waals surface area contributed by atoms with Gasteiger partial charge in [0, 0.05) is 18.7 Å². The molecule has 0 aromatic heterocycles. The molecule has 0 atom stereocenters. The first-order valence-electron chi connectivity index (χ1n) is 8.36. The Hall–Kier alpha value is -2.23. The highest BCUT2D eigenvalue weighted by molar-refractivity contribution is 7.89. The summed E-state index contributed by atoms with van der Waals surface area (Å²) in [7, 11) is -7.77. The van der Waals surface area contributed by atoms with E-state index in [0.717, 1.165) is 12.8 Å². The quantitative estimate of drug-likeness (QED) is 0.537. The van der Waals surface area contributed by atoms with E-state index in [1.165, 1.54) is 53.7 Å². The lowest BCUT2D eigenvalue weighted by molar-refractivity contribution is 0.101. The van der Waals surface area contributed by atoms with E-state index in [0.29, 0.717) is 18.7 Å². The van der Waals surface area contributed by atoms with Gasteiger partial charge in [0.15, 0.2) is 5.78 Å². The highest BCUT2D eigenvalue weighted by Crippen LogP contribution is 2.24. The molecule has 0 bridgehead atoms. The zero-order chi connectivity index (χ0) is 19.7. The molecule has 9 heteroatoms.